The van der Waals surface area contributed by atoms with Gasteiger partial charge in [-0.1, -0.05) is 18.2 Å². The molecule has 1 saturated heterocycles. The number of nitrogens with one attached hydrogen (secondary N) is 2. The van der Waals surface area contributed by atoms with Crippen LogP contribution in [-0.4, -0.2) is 49.2 Å². The quantitative estimate of drug-likeness (QED) is 0.618. The number of rotatable bonds is 4. The molecule has 1 aromatic carbocycles. The van der Waals surface area contributed by atoms with Gasteiger partial charge in [0.15, 0.2) is 5.96 Å². The Morgan fingerprint density at radius 2 is 2.04 bits per heavy atom. The van der Waals surface area contributed by atoms with Gasteiger partial charge in [0.1, 0.15) is 11.4 Å². The zero-order valence-electron chi connectivity index (χ0n) is 17.1. The van der Waals surface area contributed by atoms with Crippen molar-refractivity contribution in [1.82, 2.24) is 15.5 Å². The molecule has 4 aliphatic rings. The highest BCUT2D eigenvalue weighted by Gasteiger charge is 2.43. The smallest absolute Gasteiger partial charge is 0.191 e. The fraction of sp³-hybridized carbons (Fsp3) is 0.696. The average molecular weight is 383 g/mol. The zero-order chi connectivity index (χ0) is 19.0. The van der Waals surface area contributed by atoms with E-state index in [1.165, 1.54) is 63.6 Å². The lowest BCUT2D eigenvalue weighted by Crippen LogP contribution is -2.47. The van der Waals surface area contributed by atoms with Crippen molar-refractivity contribution in [1.29, 1.82) is 0 Å². The molecule has 2 aliphatic heterocycles. The maximum Gasteiger partial charge on any atom is 0.191 e. The number of nitrogens with zero attached hydrogens (tertiary/aromatic N) is 2. The third-order valence-electron chi connectivity index (χ3n) is 7.19. The minimum atomic E-state index is 0.0150. The number of likely N-dealkylation sites (tertiary alicyclic amines) is 1. The lowest BCUT2D eigenvalue weighted by molar-refractivity contribution is 0.0396. The van der Waals surface area contributed by atoms with Crippen LogP contribution in [0.3, 0.4) is 0 Å². The first-order valence-electron chi connectivity index (χ1n) is 11.2. The van der Waals surface area contributed by atoms with Crippen LogP contribution in [0.1, 0.15) is 63.0 Å². The summed E-state index contributed by atoms with van der Waals surface area (Å²) >= 11 is 0. The summed E-state index contributed by atoms with van der Waals surface area (Å²) < 4.78 is 6.50. The highest BCUT2D eigenvalue weighted by Crippen LogP contribution is 2.47. The summed E-state index contributed by atoms with van der Waals surface area (Å²) in [5, 5.41) is 7.35. The van der Waals surface area contributed by atoms with Gasteiger partial charge in [-0.25, -0.2) is 0 Å². The van der Waals surface area contributed by atoms with Crippen LogP contribution in [0.4, 0.5) is 0 Å². The van der Waals surface area contributed by atoms with Crippen molar-refractivity contribution in [2.24, 2.45) is 10.9 Å². The Labute approximate surface area is 168 Å². The molecule has 1 aromatic rings. The van der Waals surface area contributed by atoms with Crippen molar-refractivity contribution < 1.29 is 4.74 Å². The Morgan fingerprint density at radius 1 is 1.21 bits per heavy atom. The molecule has 5 heteroatoms. The summed E-state index contributed by atoms with van der Waals surface area (Å²) in [6.07, 6.45) is 10.1. The summed E-state index contributed by atoms with van der Waals surface area (Å²) in [4.78, 5) is 7.22. The lowest BCUT2D eigenvalue weighted by atomic mass is 9.86. The van der Waals surface area contributed by atoms with Crippen molar-refractivity contribution in [2.45, 2.75) is 69.1 Å². The zero-order valence-corrected chi connectivity index (χ0v) is 17.1. The van der Waals surface area contributed by atoms with E-state index in [0.29, 0.717) is 0 Å². The number of hydrogen-bond donors (Lipinski definition) is 2. The monoisotopic (exact) mass is 382 g/mol. The number of benzene rings is 1. The Morgan fingerprint density at radius 3 is 2.82 bits per heavy atom. The Hall–Kier alpha value is -1.75. The van der Waals surface area contributed by atoms with E-state index in [1.54, 1.807) is 0 Å². The molecule has 2 N–H and O–H groups in total. The topological polar surface area (TPSA) is 48.9 Å². The molecule has 5 nitrogen and oxygen atoms in total. The van der Waals surface area contributed by atoms with Crippen LogP contribution in [0.25, 0.3) is 0 Å². The molecule has 0 aromatic heterocycles. The van der Waals surface area contributed by atoms with Crippen LogP contribution < -0.4 is 15.4 Å². The predicted octanol–water partition coefficient (Wildman–Crippen LogP) is 3.47. The molecule has 0 bridgehead atoms. The molecule has 2 unspecified atom stereocenters. The second kappa shape index (κ2) is 7.58. The number of guanidine groups is 1. The minimum Gasteiger partial charge on any atom is -0.487 e. The second-order valence-corrected chi connectivity index (χ2v) is 9.26. The molecular weight excluding hydrogens is 348 g/mol. The molecular formula is C23H34N4O. The fourth-order valence-corrected chi connectivity index (χ4v) is 5.47. The molecule has 2 saturated carbocycles. The molecule has 0 radical (unpaired) electrons. The first kappa shape index (κ1) is 18.3. The van der Waals surface area contributed by atoms with Gasteiger partial charge in [-0.15, -0.1) is 0 Å². The van der Waals surface area contributed by atoms with Gasteiger partial charge in [-0.05, 0) is 63.5 Å². The summed E-state index contributed by atoms with van der Waals surface area (Å²) in [5.41, 5.74) is 1.28. The van der Waals surface area contributed by atoms with Gasteiger partial charge >= 0.3 is 0 Å². The van der Waals surface area contributed by atoms with Gasteiger partial charge in [0.05, 0.1) is 6.04 Å². The fourth-order valence-electron chi connectivity index (χ4n) is 5.47. The summed E-state index contributed by atoms with van der Waals surface area (Å²) in [6, 6.07) is 9.69. The molecule has 3 fully saturated rings. The van der Waals surface area contributed by atoms with Crippen molar-refractivity contribution in [2.75, 3.05) is 26.7 Å². The van der Waals surface area contributed by atoms with Crippen molar-refractivity contribution >= 4 is 5.96 Å². The van der Waals surface area contributed by atoms with Crippen LogP contribution in [0.5, 0.6) is 5.75 Å². The number of hydrogen-bond acceptors (Lipinski definition) is 3. The predicted molar refractivity (Wildman–Crippen MR) is 113 cm³/mol. The van der Waals surface area contributed by atoms with E-state index in [0.717, 1.165) is 36.6 Å². The first-order chi connectivity index (χ1) is 13.7. The number of ether oxygens (including phenoxy) is 1. The standard InChI is InChI=1S/C23H34N4O/c1-24-22(25-15-17-10-13-27(16-17)18-8-9-18)26-20-14-23(11-4-5-12-23)28-21-7-3-2-6-19(20)21/h2-3,6-7,17-18,20H,4-5,8-16H2,1H3,(H2,24,25,26). The Balaban J connectivity index is 1.23. The van der Waals surface area contributed by atoms with Gasteiger partial charge in [0, 0.05) is 38.2 Å². The van der Waals surface area contributed by atoms with E-state index in [4.69, 9.17) is 4.74 Å². The third-order valence-corrected chi connectivity index (χ3v) is 7.19. The minimum absolute atomic E-state index is 0.0150. The molecule has 2 atom stereocenters. The van der Waals surface area contributed by atoms with Gasteiger partial charge < -0.3 is 20.3 Å². The summed E-state index contributed by atoms with van der Waals surface area (Å²) in [5.74, 6) is 2.72. The van der Waals surface area contributed by atoms with Crippen LogP contribution in [-0.2, 0) is 0 Å². The van der Waals surface area contributed by atoms with E-state index in [1.807, 2.05) is 7.05 Å². The largest absolute Gasteiger partial charge is 0.487 e. The molecule has 2 heterocycles. The normalized spacial score (nSPS) is 29.5. The third kappa shape index (κ3) is 3.73. The first-order valence-corrected chi connectivity index (χ1v) is 11.2. The SMILES string of the molecule is CN=C(NCC1CCN(C2CC2)C1)NC1CC2(CCCC2)Oc2ccccc21. The van der Waals surface area contributed by atoms with Crippen LogP contribution in [0, 0.1) is 5.92 Å². The molecule has 28 heavy (non-hydrogen) atoms. The second-order valence-electron chi connectivity index (χ2n) is 9.26. The molecule has 2 aliphatic carbocycles. The van der Waals surface area contributed by atoms with Crippen molar-refractivity contribution in [3.05, 3.63) is 29.8 Å². The van der Waals surface area contributed by atoms with Crippen LogP contribution >= 0.6 is 0 Å². The van der Waals surface area contributed by atoms with E-state index in [9.17, 15) is 0 Å². The molecule has 5 rings (SSSR count). The van der Waals surface area contributed by atoms with Crippen LogP contribution in [0.2, 0.25) is 0 Å². The maximum atomic E-state index is 6.50. The van der Waals surface area contributed by atoms with Gasteiger partial charge in [0.2, 0.25) is 0 Å². The number of para-hydroxylation sites is 1. The van der Waals surface area contributed by atoms with Gasteiger partial charge in [0.25, 0.3) is 0 Å². The van der Waals surface area contributed by atoms with Crippen molar-refractivity contribution in [3.63, 3.8) is 0 Å². The van der Waals surface area contributed by atoms with E-state index < -0.39 is 0 Å². The van der Waals surface area contributed by atoms with E-state index >= 15 is 0 Å². The number of fused-ring (bicyclic) bond motifs is 1. The van der Waals surface area contributed by atoms with Crippen LogP contribution in [0.15, 0.2) is 29.3 Å². The lowest BCUT2D eigenvalue weighted by Gasteiger charge is -2.40. The summed E-state index contributed by atoms with van der Waals surface area (Å²) in [7, 11) is 1.89. The average Bonchev–Trinajstić information content (AvgIpc) is 3.30. The van der Waals surface area contributed by atoms with E-state index in [-0.39, 0.29) is 11.6 Å². The Kier molecular flexibility index (Phi) is 4.95. The number of aliphatic imine (C=N–C) groups is 1. The molecule has 0 amide bonds. The Bertz CT molecular complexity index is 723. The molecule has 152 valence electrons. The highest BCUT2D eigenvalue weighted by atomic mass is 16.5. The summed E-state index contributed by atoms with van der Waals surface area (Å²) in [6.45, 7) is 3.54. The van der Waals surface area contributed by atoms with E-state index in [2.05, 4.69) is 44.8 Å². The van der Waals surface area contributed by atoms with Crippen molar-refractivity contribution in [3.8, 4) is 5.75 Å². The van der Waals surface area contributed by atoms with Gasteiger partial charge in [-0.3, -0.25) is 4.99 Å². The maximum absolute atomic E-state index is 6.50. The molecule has 1 spiro atoms. The van der Waals surface area contributed by atoms with Gasteiger partial charge in [-0.2, -0.15) is 0 Å². The highest BCUT2D eigenvalue weighted by molar-refractivity contribution is 5.80.